The molecule has 0 radical (unpaired) electrons. The third-order valence-electron chi connectivity index (χ3n) is 3.79. The Balaban J connectivity index is 1.93. The van der Waals surface area contributed by atoms with Crippen LogP contribution >= 0.6 is 23.2 Å². The summed E-state index contributed by atoms with van der Waals surface area (Å²) in [5.74, 6) is -0.925. The van der Waals surface area contributed by atoms with Crippen molar-refractivity contribution in [2.24, 2.45) is 0 Å². The van der Waals surface area contributed by atoms with Crippen molar-refractivity contribution in [3.05, 3.63) is 63.1 Å². The molecule has 2 aromatic carbocycles. The highest BCUT2D eigenvalue weighted by Crippen LogP contribution is 2.25. The van der Waals surface area contributed by atoms with Crippen molar-refractivity contribution in [2.75, 3.05) is 5.32 Å². The molecule has 25 heavy (non-hydrogen) atoms. The van der Waals surface area contributed by atoms with Gasteiger partial charge in [-0.05, 0) is 55.7 Å². The summed E-state index contributed by atoms with van der Waals surface area (Å²) in [7, 11) is 0. The van der Waals surface area contributed by atoms with E-state index in [1.807, 2.05) is 32.0 Å². The Morgan fingerprint density at radius 1 is 1.08 bits per heavy atom. The molecule has 0 bridgehead atoms. The van der Waals surface area contributed by atoms with Crippen LogP contribution < -0.4 is 5.32 Å². The van der Waals surface area contributed by atoms with Gasteiger partial charge in [0, 0.05) is 5.02 Å². The number of esters is 1. The van der Waals surface area contributed by atoms with Crippen molar-refractivity contribution in [1.29, 1.82) is 0 Å². The number of benzene rings is 2. The third-order valence-corrected chi connectivity index (χ3v) is 4.33. The van der Waals surface area contributed by atoms with E-state index in [9.17, 15) is 9.59 Å². The quantitative estimate of drug-likeness (QED) is 0.764. The molecule has 0 saturated carbocycles. The zero-order valence-corrected chi connectivity index (χ0v) is 15.7. The number of carbonyl (C=O) groups excluding carboxylic acids is 2. The van der Waals surface area contributed by atoms with E-state index in [2.05, 4.69) is 5.32 Å². The number of hydrogen-bond acceptors (Lipinski definition) is 3. The lowest BCUT2D eigenvalue weighted by atomic mass is 10.0. The van der Waals surface area contributed by atoms with Crippen LogP contribution in [0.5, 0.6) is 0 Å². The average molecular weight is 380 g/mol. The van der Waals surface area contributed by atoms with Gasteiger partial charge in [-0.25, -0.2) is 0 Å². The van der Waals surface area contributed by atoms with Crippen LogP contribution in [0.15, 0.2) is 36.4 Å². The SMILES string of the molecule is Cc1ccc(CC(=O)OC(C)C(=O)Nc2ccc(Cl)cc2Cl)cc1C. The van der Waals surface area contributed by atoms with Crippen LogP contribution in [0.2, 0.25) is 10.0 Å². The minimum absolute atomic E-state index is 0.112. The zero-order chi connectivity index (χ0) is 18.6. The topological polar surface area (TPSA) is 55.4 Å². The van der Waals surface area contributed by atoms with E-state index in [1.165, 1.54) is 13.0 Å². The number of anilines is 1. The van der Waals surface area contributed by atoms with Gasteiger partial charge >= 0.3 is 5.97 Å². The molecule has 1 amide bonds. The number of rotatable bonds is 5. The molecule has 0 heterocycles. The summed E-state index contributed by atoms with van der Waals surface area (Å²) in [5, 5.41) is 3.40. The van der Waals surface area contributed by atoms with Gasteiger partial charge in [0.1, 0.15) is 0 Å². The average Bonchev–Trinajstić information content (AvgIpc) is 2.53. The lowest BCUT2D eigenvalue weighted by molar-refractivity contribution is -0.152. The van der Waals surface area contributed by atoms with Gasteiger partial charge in [-0.1, -0.05) is 41.4 Å². The summed E-state index contributed by atoms with van der Waals surface area (Å²) in [6.07, 6.45) is -0.828. The standard InChI is InChI=1S/C19H19Cl2NO3/c1-11-4-5-14(8-12(11)2)9-18(23)25-13(3)19(24)22-17-7-6-15(20)10-16(17)21/h4-8,10,13H,9H2,1-3H3,(H,22,24). The fraction of sp³-hybridized carbons (Fsp3) is 0.263. The fourth-order valence-corrected chi connectivity index (χ4v) is 2.65. The molecule has 0 aliphatic carbocycles. The Morgan fingerprint density at radius 3 is 2.44 bits per heavy atom. The van der Waals surface area contributed by atoms with Crippen LogP contribution in [0.25, 0.3) is 0 Å². The molecule has 4 nitrogen and oxygen atoms in total. The first-order chi connectivity index (χ1) is 11.8. The first-order valence-corrected chi connectivity index (χ1v) is 8.53. The Kier molecular flexibility index (Phi) is 6.45. The van der Waals surface area contributed by atoms with Crippen molar-refractivity contribution >= 4 is 40.8 Å². The maximum atomic E-state index is 12.2. The lowest BCUT2D eigenvalue weighted by Crippen LogP contribution is -2.30. The summed E-state index contributed by atoms with van der Waals surface area (Å²) in [6.45, 7) is 5.50. The van der Waals surface area contributed by atoms with Gasteiger partial charge in [0.25, 0.3) is 5.91 Å². The second-order valence-corrected chi connectivity index (χ2v) is 6.68. The Bertz CT molecular complexity index is 805. The molecule has 132 valence electrons. The first-order valence-electron chi connectivity index (χ1n) is 7.78. The van der Waals surface area contributed by atoms with E-state index >= 15 is 0 Å². The van der Waals surface area contributed by atoms with Crippen LogP contribution in [-0.4, -0.2) is 18.0 Å². The van der Waals surface area contributed by atoms with Gasteiger partial charge < -0.3 is 10.1 Å². The van der Waals surface area contributed by atoms with E-state index in [-0.39, 0.29) is 6.42 Å². The molecule has 0 saturated heterocycles. The highest BCUT2D eigenvalue weighted by Gasteiger charge is 2.19. The number of halogens is 2. The molecule has 0 aromatic heterocycles. The van der Waals surface area contributed by atoms with E-state index in [1.54, 1.807) is 12.1 Å². The fourth-order valence-electron chi connectivity index (χ4n) is 2.20. The number of carbonyl (C=O) groups is 2. The highest BCUT2D eigenvalue weighted by atomic mass is 35.5. The lowest BCUT2D eigenvalue weighted by Gasteiger charge is -2.14. The van der Waals surface area contributed by atoms with Crippen LogP contribution in [0, 0.1) is 13.8 Å². The molecule has 0 aliphatic rings. The smallest absolute Gasteiger partial charge is 0.311 e. The maximum absolute atomic E-state index is 12.2. The van der Waals surface area contributed by atoms with E-state index in [4.69, 9.17) is 27.9 Å². The first kappa shape index (κ1) is 19.3. The van der Waals surface area contributed by atoms with E-state index < -0.39 is 18.0 Å². The van der Waals surface area contributed by atoms with Crippen LogP contribution in [0.3, 0.4) is 0 Å². The second kappa shape index (κ2) is 8.37. The van der Waals surface area contributed by atoms with Crippen LogP contribution in [0.4, 0.5) is 5.69 Å². The van der Waals surface area contributed by atoms with Crippen molar-refractivity contribution in [3.8, 4) is 0 Å². The minimum Gasteiger partial charge on any atom is -0.452 e. The maximum Gasteiger partial charge on any atom is 0.311 e. The van der Waals surface area contributed by atoms with Crippen molar-refractivity contribution in [3.63, 3.8) is 0 Å². The molecule has 2 aromatic rings. The summed E-state index contributed by atoms with van der Waals surface area (Å²) in [5.41, 5.74) is 3.52. The molecule has 0 spiro atoms. The molecule has 6 heteroatoms. The number of amides is 1. The second-order valence-electron chi connectivity index (χ2n) is 5.84. The summed E-state index contributed by atoms with van der Waals surface area (Å²) < 4.78 is 5.20. The number of aryl methyl sites for hydroxylation is 2. The van der Waals surface area contributed by atoms with Crippen LogP contribution in [0.1, 0.15) is 23.6 Å². The monoisotopic (exact) mass is 379 g/mol. The highest BCUT2D eigenvalue weighted by molar-refractivity contribution is 6.36. The van der Waals surface area contributed by atoms with Crippen LogP contribution in [-0.2, 0) is 20.7 Å². The molecule has 1 N–H and O–H groups in total. The van der Waals surface area contributed by atoms with Crippen molar-refractivity contribution in [2.45, 2.75) is 33.3 Å². The van der Waals surface area contributed by atoms with Crippen molar-refractivity contribution in [1.82, 2.24) is 0 Å². The zero-order valence-electron chi connectivity index (χ0n) is 14.2. The summed E-state index contributed by atoms with van der Waals surface area (Å²) in [6, 6.07) is 10.5. The Labute approximate surface area is 157 Å². The molecule has 1 unspecified atom stereocenters. The molecule has 0 aliphatic heterocycles. The molecule has 0 fully saturated rings. The molecule has 1 atom stereocenters. The largest absolute Gasteiger partial charge is 0.452 e. The number of ether oxygens (including phenoxy) is 1. The van der Waals surface area contributed by atoms with Gasteiger partial charge in [0.15, 0.2) is 6.10 Å². The van der Waals surface area contributed by atoms with Gasteiger partial charge in [0.2, 0.25) is 0 Å². The van der Waals surface area contributed by atoms with Gasteiger partial charge in [-0.3, -0.25) is 9.59 Å². The molecular formula is C19H19Cl2NO3. The Morgan fingerprint density at radius 2 is 1.80 bits per heavy atom. The minimum atomic E-state index is -0.939. The van der Waals surface area contributed by atoms with Gasteiger partial charge in [0.05, 0.1) is 17.1 Å². The third kappa shape index (κ3) is 5.48. The predicted octanol–water partition coefficient (Wildman–Crippen LogP) is 4.72. The number of hydrogen-bond donors (Lipinski definition) is 1. The number of nitrogens with one attached hydrogen (secondary N) is 1. The summed E-state index contributed by atoms with van der Waals surface area (Å²) in [4.78, 5) is 24.2. The molecule has 2 rings (SSSR count). The Hall–Kier alpha value is -2.04. The van der Waals surface area contributed by atoms with E-state index in [0.29, 0.717) is 15.7 Å². The van der Waals surface area contributed by atoms with E-state index in [0.717, 1.165) is 16.7 Å². The molecular weight excluding hydrogens is 361 g/mol. The predicted molar refractivity (Wildman–Crippen MR) is 100 cm³/mol. The summed E-state index contributed by atoms with van der Waals surface area (Å²) >= 11 is 11.8. The van der Waals surface area contributed by atoms with Crippen molar-refractivity contribution < 1.29 is 14.3 Å². The normalized spacial score (nSPS) is 11.7. The van der Waals surface area contributed by atoms with Gasteiger partial charge in [-0.2, -0.15) is 0 Å². The van der Waals surface area contributed by atoms with Gasteiger partial charge in [-0.15, -0.1) is 0 Å².